The van der Waals surface area contributed by atoms with Crippen LogP contribution in [0.25, 0.3) is 22.6 Å². The molecule has 0 saturated carbocycles. The largest absolute Gasteiger partial charge is 0.436 e. The molecule has 0 spiro atoms. The highest BCUT2D eigenvalue weighted by molar-refractivity contribution is 6.30. The molecule has 3 aromatic rings. The van der Waals surface area contributed by atoms with Crippen molar-refractivity contribution in [2.75, 3.05) is 0 Å². The fraction of sp³-hybridized carbons (Fsp3) is 0.0667. The Hall–Kier alpha value is -2.13. The van der Waals surface area contributed by atoms with Gasteiger partial charge in [-0.15, -0.1) is 0 Å². The van der Waals surface area contributed by atoms with Crippen molar-refractivity contribution in [3.05, 3.63) is 53.1 Å². The second kappa shape index (κ2) is 4.52. The van der Waals surface area contributed by atoms with Gasteiger partial charge in [0.25, 0.3) is 0 Å². The van der Waals surface area contributed by atoms with Crippen LogP contribution in [0.2, 0.25) is 5.02 Å². The van der Waals surface area contributed by atoms with Crippen LogP contribution in [0.4, 0.5) is 0 Å². The first-order valence-electron chi connectivity index (χ1n) is 5.81. The Morgan fingerprint density at radius 1 is 1.21 bits per heavy atom. The third kappa shape index (κ3) is 2.25. The van der Waals surface area contributed by atoms with Gasteiger partial charge < -0.3 is 4.42 Å². The number of aromatic nitrogens is 1. The lowest BCUT2D eigenvalue weighted by Crippen LogP contribution is -1.90. The van der Waals surface area contributed by atoms with Gasteiger partial charge in [0, 0.05) is 16.1 Å². The minimum atomic E-state index is 0.00852. The fourth-order valence-electron chi connectivity index (χ4n) is 1.89. The highest BCUT2D eigenvalue weighted by atomic mass is 35.5. The van der Waals surface area contributed by atoms with E-state index in [2.05, 4.69) is 4.98 Å². The summed E-state index contributed by atoms with van der Waals surface area (Å²) < 4.78 is 5.66. The van der Waals surface area contributed by atoms with Crippen LogP contribution in [-0.2, 0) is 0 Å². The van der Waals surface area contributed by atoms with Gasteiger partial charge >= 0.3 is 0 Å². The first-order chi connectivity index (χ1) is 9.13. The Labute approximate surface area is 114 Å². The zero-order chi connectivity index (χ0) is 13.4. The summed E-state index contributed by atoms with van der Waals surface area (Å²) in [6.07, 6.45) is 0. The van der Waals surface area contributed by atoms with Crippen molar-refractivity contribution >= 4 is 28.5 Å². The quantitative estimate of drug-likeness (QED) is 0.651. The van der Waals surface area contributed by atoms with E-state index in [1.54, 1.807) is 30.3 Å². The van der Waals surface area contributed by atoms with Gasteiger partial charge in [-0.3, -0.25) is 4.79 Å². The summed E-state index contributed by atoms with van der Waals surface area (Å²) in [4.78, 5) is 15.7. The maximum Gasteiger partial charge on any atom is 0.227 e. The van der Waals surface area contributed by atoms with Crippen molar-refractivity contribution in [1.82, 2.24) is 4.98 Å². The minimum Gasteiger partial charge on any atom is -0.436 e. The predicted molar refractivity (Wildman–Crippen MR) is 74.5 cm³/mol. The summed E-state index contributed by atoms with van der Waals surface area (Å²) in [5.74, 6) is 0.507. The molecule has 0 bridgehead atoms. The van der Waals surface area contributed by atoms with E-state index < -0.39 is 0 Å². The topological polar surface area (TPSA) is 43.1 Å². The number of carbonyl (C=O) groups is 1. The average Bonchev–Trinajstić information content (AvgIpc) is 2.81. The Bertz CT molecular complexity index is 777. The predicted octanol–water partition coefficient (Wildman–Crippen LogP) is 4.35. The number of hydrogen-bond donors (Lipinski definition) is 0. The standard InChI is InChI=1S/C15H10ClNO2/c1-9(18)10-5-6-14-13(8-10)17-15(19-14)11-3-2-4-12(16)7-11/h2-8H,1H3. The lowest BCUT2D eigenvalue weighted by Gasteiger charge is -1.94. The lowest BCUT2D eigenvalue weighted by molar-refractivity contribution is 0.101. The third-order valence-corrected chi connectivity index (χ3v) is 3.10. The molecule has 1 heterocycles. The zero-order valence-electron chi connectivity index (χ0n) is 10.2. The van der Waals surface area contributed by atoms with Crippen LogP contribution in [-0.4, -0.2) is 10.8 Å². The molecule has 0 atom stereocenters. The molecule has 0 aliphatic heterocycles. The summed E-state index contributed by atoms with van der Waals surface area (Å²) in [6.45, 7) is 1.53. The van der Waals surface area contributed by atoms with E-state index in [1.807, 2.05) is 12.1 Å². The van der Waals surface area contributed by atoms with Crippen molar-refractivity contribution in [3.8, 4) is 11.5 Å². The summed E-state index contributed by atoms with van der Waals surface area (Å²) in [7, 11) is 0. The molecule has 3 rings (SSSR count). The molecule has 2 aromatic carbocycles. The van der Waals surface area contributed by atoms with E-state index in [1.165, 1.54) is 6.92 Å². The highest BCUT2D eigenvalue weighted by Crippen LogP contribution is 2.26. The Balaban J connectivity index is 2.14. The molecule has 19 heavy (non-hydrogen) atoms. The maximum atomic E-state index is 11.3. The van der Waals surface area contributed by atoms with Crippen molar-refractivity contribution in [3.63, 3.8) is 0 Å². The summed E-state index contributed by atoms with van der Waals surface area (Å²) in [5, 5.41) is 0.629. The second-order valence-corrected chi connectivity index (χ2v) is 4.70. The molecule has 94 valence electrons. The van der Waals surface area contributed by atoms with Crippen LogP contribution in [0.3, 0.4) is 0 Å². The number of Topliss-reactive ketones (excluding diaryl/α,β-unsaturated/α-hetero) is 1. The summed E-state index contributed by atoms with van der Waals surface area (Å²) in [6, 6.07) is 12.5. The third-order valence-electron chi connectivity index (χ3n) is 2.87. The number of rotatable bonds is 2. The van der Waals surface area contributed by atoms with Gasteiger partial charge in [0.1, 0.15) is 5.52 Å². The van der Waals surface area contributed by atoms with E-state index in [0.717, 1.165) is 5.56 Å². The Morgan fingerprint density at radius 3 is 2.79 bits per heavy atom. The fourth-order valence-corrected chi connectivity index (χ4v) is 2.08. The van der Waals surface area contributed by atoms with Gasteiger partial charge in [0.15, 0.2) is 11.4 Å². The highest BCUT2D eigenvalue weighted by Gasteiger charge is 2.10. The summed E-state index contributed by atoms with van der Waals surface area (Å²) >= 11 is 5.95. The lowest BCUT2D eigenvalue weighted by atomic mass is 10.1. The number of ketones is 1. The number of halogens is 1. The number of fused-ring (bicyclic) bond motifs is 1. The molecule has 3 nitrogen and oxygen atoms in total. The molecular formula is C15H10ClNO2. The van der Waals surface area contributed by atoms with Crippen LogP contribution in [0.1, 0.15) is 17.3 Å². The van der Waals surface area contributed by atoms with E-state index in [0.29, 0.717) is 27.6 Å². The maximum absolute atomic E-state index is 11.3. The van der Waals surface area contributed by atoms with Gasteiger partial charge in [-0.25, -0.2) is 4.98 Å². The summed E-state index contributed by atoms with van der Waals surface area (Å²) in [5.41, 5.74) is 2.76. The molecule has 1 aromatic heterocycles. The molecule has 0 aliphatic rings. The first-order valence-corrected chi connectivity index (χ1v) is 6.19. The normalized spacial score (nSPS) is 10.8. The number of benzene rings is 2. The van der Waals surface area contributed by atoms with Crippen molar-refractivity contribution in [1.29, 1.82) is 0 Å². The van der Waals surface area contributed by atoms with Crippen LogP contribution in [0.15, 0.2) is 46.9 Å². The van der Waals surface area contributed by atoms with Gasteiger partial charge in [-0.2, -0.15) is 0 Å². The second-order valence-electron chi connectivity index (χ2n) is 4.27. The smallest absolute Gasteiger partial charge is 0.227 e. The van der Waals surface area contributed by atoms with E-state index >= 15 is 0 Å². The SMILES string of the molecule is CC(=O)c1ccc2oc(-c3cccc(Cl)c3)nc2c1. The molecule has 0 unspecified atom stereocenters. The molecule has 0 aliphatic carbocycles. The molecule has 4 heteroatoms. The van der Waals surface area contributed by atoms with Crippen LogP contribution in [0, 0.1) is 0 Å². The molecule has 0 radical (unpaired) electrons. The molecule has 0 N–H and O–H groups in total. The molecular weight excluding hydrogens is 262 g/mol. The Kier molecular flexibility index (Phi) is 2.84. The number of nitrogens with zero attached hydrogens (tertiary/aromatic N) is 1. The van der Waals surface area contributed by atoms with Gasteiger partial charge in [0.05, 0.1) is 0 Å². The minimum absolute atomic E-state index is 0.00852. The van der Waals surface area contributed by atoms with E-state index in [9.17, 15) is 4.79 Å². The van der Waals surface area contributed by atoms with Gasteiger partial charge in [0.2, 0.25) is 5.89 Å². The number of oxazole rings is 1. The number of hydrogen-bond acceptors (Lipinski definition) is 3. The van der Waals surface area contributed by atoms with E-state index in [-0.39, 0.29) is 5.78 Å². The van der Waals surface area contributed by atoms with E-state index in [4.69, 9.17) is 16.0 Å². The Morgan fingerprint density at radius 2 is 2.05 bits per heavy atom. The molecule has 0 amide bonds. The number of carbonyl (C=O) groups excluding carboxylic acids is 1. The monoisotopic (exact) mass is 271 g/mol. The van der Waals surface area contributed by atoms with Crippen LogP contribution >= 0.6 is 11.6 Å². The zero-order valence-corrected chi connectivity index (χ0v) is 10.9. The van der Waals surface area contributed by atoms with Crippen molar-refractivity contribution in [2.24, 2.45) is 0 Å². The molecule has 0 saturated heterocycles. The van der Waals surface area contributed by atoms with Crippen LogP contribution in [0.5, 0.6) is 0 Å². The average molecular weight is 272 g/mol. The van der Waals surface area contributed by atoms with Crippen molar-refractivity contribution < 1.29 is 9.21 Å². The van der Waals surface area contributed by atoms with Crippen LogP contribution < -0.4 is 0 Å². The van der Waals surface area contributed by atoms with Gasteiger partial charge in [-0.05, 0) is 43.3 Å². The first kappa shape index (κ1) is 11.9. The molecule has 0 fully saturated rings. The van der Waals surface area contributed by atoms with Gasteiger partial charge in [-0.1, -0.05) is 17.7 Å². The van der Waals surface area contributed by atoms with Crippen molar-refractivity contribution in [2.45, 2.75) is 6.92 Å².